The van der Waals surface area contributed by atoms with Crippen molar-refractivity contribution in [3.05, 3.63) is 12.3 Å². The Labute approximate surface area is 81.6 Å². The van der Waals surface area contributed by atoms with Crippen molar-refractivity contribution in [2.75, 3.05) is 30.9 Å². The molecule has 6 nitrogen and oxygen atoms in total. The van der Waals surface area contributed by atoms with Gasteiger partial charge in [0.2, 0.25) is 5.95 Å². The van der Waals surface area contributed by atoms with Crippen molar-refractivity contribution in [2.45, 2.75) is 0 Å². The molecule has 0 atom stereocenters. The van der Waals surface area contributed by atoms with Crippen LogP contribution < -0.4 is 10.2 Å². The molecular formula is C8H12N4O2. The van der Waals surface area contributed by atoms with Gasteiger partial charge < -0.3 is 15.3 Å². The summed E-state index contributed by atoms with van der Waals surface area (Å²) in [5.41, 5.74) is 0. The van der Waals surface area contributed by atoms with Crippen LogP contribution in [0.2, 0.25) is 0 Å². The second-order valence-corrected chi connectivity index (χ2v) is 2.88. The Bertz CT molecular complexity index is 327. The summed E-state index contributed by atoms with van der Waals surface area (Å²) in [5, 5.41) is 11.1. The van der Waals surface area contributed by atoms with Crippen molar-refractivity contribution in [2.24, 2.45) is 0 Å². The van der Waals surface area contributed by atoms with Crippen molar-refractivity contribution in [3.63, 3.8) is 0 Å². The monoisotopic (exact) mass is 196 g/mol. The van der Waals surface area contributed by atoms with E-state index in [4.69, 9.17) is 5.11 Å². The van der Waals surface area contributed by atoms with E-state index in [1.54, 1.807) is 17.2 Å². The highest BCUT2D eigenvalue weighted by atomic mass is 16.4. The van der Waals surface area contributed by atoms with Gasteiger partial charge in [0.25, 0.3) is 0 Å². The van der Waals surface area contributed by atoms with Crippen LogP contribution in [0.5, 0.6) is 0 Å². The maximum absolute atomic E-state index is 10.3. The maximum atomic E-state index is 10.3. The summed E-state index contributed by atoms with van der Waals surface area (Å²) in [6.07, 6.45) is 1.58. The van der Waals surface area contributed by atoms with Crippen molar-refractivity contribution < 1.29 is 9.90 Å². The fourth-order valence-electron chi connectivity index (χ4n) is 0.829. The normalized spacial score (nSPS) is 9.57. The lowest BCUT2D eigenvalue weighted by atomic mass is 10.5. The average molecular weight is 196 g/mol. The highest BCUT2D eigenvalue weighted by molar-refractivity contribution is 5.72. The molecule has 1 aromatic heterocycles. The number of aromatic nitrogens is 2. The number of nitrogens with zero attached hydrogens (tertiary/aromatic N) is 3. The first-order valence-corrected chi connectivity index (χ1v) is 4.05. The zero-order valence-corrected chi connectivity index (χ0v) is 8.06. The lowest BCUT2D eigenvalue weighted by molar-refractivity contribution is -0.134. The van der Waals surface area contributed by atoms with Crippen molar-refractivity contribution in [1.82, 2.24) is 9.97 Å². The fraction of sp³-hybridized carbons (Fsp3) is 0.375. The second-order valence-electron chi connectivity index (χ2n) is 2.88. The first-order valence-electron chi connectivity index (χ1n) is 4.05. The van der Waals surface area contributed by atoms with E-state index in [0.29, 0.717) is 11.8 Å². The summed E-state index contributed by atoms with van der Waals surface area (Å²) in [6.45, 7) is -0.149. The smallest absolute Gasteiger partial charge is 0.322 e. The Morgan fingerprint density at radius 1 is 1.64 bits per heavy atom. The molecule has 0 aliphatic rings. The van der Waals surface area contributed by atoms with Crippen LogP contribution in [-0.2, 0) is 4.79 Å². The van der Waals surface area contributed by atoms with Crippen molar-refractivity contribution in [3.8, 4) is 0 Å². The molecule has 1 heterocycles. The van der Waals surface area contributed by atoms with Crippen LogP contribution >= 0.6 is 0 Å². The summed E-state index contributed by atoms with van der Waals surface area (Å²) >= 11 is 0. The van der Waals surface area contributed by atoms with E-state index < -0.39 is 5.97 Å². The van der Waals surface area contributed by atoms with Gasteiger partial charge in [-0.25, -0.2) is 4.98 Å². The SMILES string of the molecule is CN(C)c1nccc(NCC(=O)O)n1. The molecule has 0 unspecified atom stereocenters. The minimum Gasteiger partial charge on any atom is -0.480 e. The molecule has 76 valence electrons. The lowest BCUT2D eigenvalue weighted by Crippen LogP contribution is -2.16. The van der Waals surface area contributed by atoms with E-state index >= 15 is 0 Å². The van der Waals surface area contributed by atoms with Gasteiger partial charge in [-0.2, -0.15) is 4.98 Å². The van der Waals surface area contributed by atoms with E-state index in [1.165, 1.54) is 0 Å². The largest absolute Gasteiger partial charge is 0.480 e. The Kier molecular flexibility index (Phi) is 3.22. The Hall–Kier alpha value is -1.85. The summed E-state index contributed by atoms with van der Waals surface area (Å²) < 4.78 is 0. The van der Waals surface area contributed by atoms with Crippen LogP contribution in [0.4, 0.5) is 11.8 Å². The number of hydrogen-bond donors (Lipinski definition) is 2. The molecule has 0 spiro atoms. The highest BCUT2D eigenvalue weighted by Crippen LogP contribution is 2.06. The van der Waals surface area contributed by atoms with Gasteiger partial charge in [0.05, 0.1) is 0 Å². The third kappa shape index (κ3) is 2.89. The van der Waals surface area contributed by atoms with Crippen molar-refractivity contribution >= 4 is 17.7 Å². The standard InChI is InChI=1S/C8H12N4O2/c1-12(2)8-9-4-3-6(11-8)10-5-7(13)14/h3-4H,5H2,1-2H3,(H,13,14)(H,9,10,11). The first kappa shape index (κ1) is 10.2. The summed E-state index contributed by atoms with van der Waals surface area (Å²) in [6, 6.07) is 1.62. The van der Waals surface area contributed by atoms with Gasteiger partial charge in [-0.3, -0.25) is 4.79 Å². The third-order valence-electron chi connectivity index (χ3n) is 1.46. The molecule has 0 radical (unpaired) electrons. The highest BCUT2D eigenvalue weighted by Gasteiger charge is 2.01. The molecule has 0 bridgehead atoms. The van der Waals surface area contributed by atoms with Gasteiger partial charge in [0.1, 0.15) is 12.4 Å². The zero-order valence-electron chi connectivity index (χ0n) is 8.06. The van der Waals surface area contributed by atoms with Crippen LogP contribution in [-0.4, -0.2) is 41.7 Å². The van der Waals surface area contributed by atoms with Gasteiger partial charge in [0.15, 0.2) is 0 Å². The van der Waals surface area contributed by atoms with Gasteiger partial charge in [-0.1, -0.05) is 0 Å². The minimum absolute atomic E-state index is 0.149. The molecule has 1 aromatic rings. The molecule has 1 rings (SSSR count). The second kappa shape index (κ2) is 4.40. The fourth-order valence-corrected chi connectivity index (χ4v) is 0.829. The number of hydrogen-bond acceptors (Lipinski definition) is 5. The third-order valence-corrected chi connectivity index (χ3v) is 1.46. The Balaban J connectivity index is 2.68. The van der Waals surface area contributed by atoms with Crippen LogP contribution in [0.15, 0.2) is 12.3 Å². The summed E-state index contributed by atoms with van der Waals surface area (Å²) in [4.78, 5) is 20.1. The van der Waals surface area contributed by atoms with Crippen LogP contribution in [0, 0.1) is 0 Å². The minimum atomic E-state index is -0.921. The molecule has 6 heteroatoms. The molecule has 0 saturated heterocycles. The maximum Gasteiger partial charge on any atom is 0.322 e. The number of nitrogens with one attached hydrogen (secondary N) is 1. The van der Waals surface area contributed by atoms with Crippen LogP contribution in [0.25, 0.3) is 0 Å². The van der Waals surface area contributed by atoms with E-state index in [-0.39, 0.29) is 6.54 Å². The molecule has 0 aromatic carbocycles. The van der Waals surface area contributed by atoms with E-state index in [2.05, 4.69) is 15.3 Å². The average Bonchev–Trinajstić information content (AvgIpc) is 2.15. The molecule has 0 saturated carbocycles. The molecule has 2 N–H and O–H groups in total. The molecule has 0 amide bonds. The van der Waals surface area contributed by atoms with E-state index in [9.17, 15) is 4.79 Å². The van der Waals surface area contributed by atoms with Crippen LogP contribution in [0.1, 0.15) is 0 Å². The molecule has 0 fully saturated rings. The Morgan fingerprint density at radius 3 is 2.93 bits per heavy atom. The molecule has 0 aliphatic heterocycles. The van der Waals surface area contributed by atoms with Crippen LogP contribution in [0.3, 0.4) is 0 Å². The first-order chi connectivity index (χ1) is 6.59. The number of aliphatic carboxylic acids is 1. The summed E-state index contributed by atoms with van der Waals surface area (Å²) in [7, 11) is 3.63. The number of carbonyl (C=O) groups is 1. The van der Waals surface area contributed by atoms with Gasteiger partial charge in [0, 0.05) is 20.3 Å². The van der Waals surface area contributed by atoms with Gasteiger partial charge >= 0.3 is 5.97 Å². The quantitative estimate of drug-likeness (QED) is 0.707. The zero-order chi connectivity index (χ0) is 10.6. The topological polar surface area (TPSA) is 78.4 Å². The Morgan fingerprint density at radius 2 is 2.36 bits per heavy atom. The number of carboxylic acids is 1. The van der Waals surface area contributed by atoms with Gasteiger partial charge in [-0.05, 0) is 6.07 Å². The number of rotatable bonds is 4. The predicted octanol–water partition coefficient (Wildman–Crippen LogP) is 0.0391. The van der Waals surface area contributed by atoms with E-state index in [0.717, 1.165) is 0 Å². The van der Waals surface area contributed by atoms with Crippen molar-refractivity contribution in [1.29, 1.82) is 0 Å². The molecule has 14 heavy (non-hydrogen) atoms. The lowest BCUT2D eigenvalue weighted by Gasteiger charge is -2.10. The number of carboxylic acid groups (broad SMARTS) is 1. The number of anilines is 2. The molecule has 0 aliphatic carbocycles. The van der Waals surface area contributed by atoms with E-state index in [1.807, 2.05) is 14.1 Å². The predicted molar refractivity (Wildman–Crippen MR) is 52.5 cm³/mol. The summed E-state index contributed by atoms with van der Waals surface area (Å²) in [5.74, 6) is 0.126. The molecular weight excluding hydrogens is 184 g/mol. The van der Waals surface area contributed by atoms with Gasteiger partial charge in [-0.15, -0.1) is 0 Å².